The molecule has 0 fully saturated rings. The van der Waals surface area contributed by atoms with Crippen LogP contribution in [0.25, 0.3) is 10.9 Å². The maximum atomic E-state index is 13.3. The smallest absolute Gasteiger partial charge is 0.304 e. The van der Waals surface area contributed by atoms with Crippen molar-refractivity contribution in [3.63, 3.8) is 0 Å². The number of aromatic nitrogens is 2. The molecule has 0 aliphatic carbocycles. The minimum absolute atomic E-state index is 0.0304. The summed E-state index contributed by atoms with van der Waals surface area (Å²) in [6.07, 6.45) is 0. The molecule has 0 unspecified atom stereocenters. The summed E-state index contributed by atoms with van der Waals surface area (Å²) < 4.78 is 14.3. The average Bonchev–Trinajstić information content (AvgIpc) is 2.20. The summed E-state index contributed by atoms with van der Waals surface area (Å²) in [6.45, 7) is 1.95. The molecular weight excluding hydrogens is 199 g/mol. The normalized spacial score (nSPS) is 10.8. The molecule has 0 radical (unpaired) electrons. The third-order valence-corrected chi connectivity index (χ3v) is 2.28. The minimum Gasteiger partial charge on any atom is -0.304 e. The van der Waals surface area contributed by atoms with Gasteiger partial charge in [-0.3, -0.25) is 9.36 Å². The van der Waals surface area contributed by atoms with Crippen LogP contribution in [0.3, 0.4) is 0 Å². The van der Waals surface area contributed by atoms with Crippen molar-refractivity contribution in [1.82, 2.24) is 9.55 Å². The summed E-state index contributed by atoms with van der Waals surface area (Å²) in [5.74, 6) is -0.593. The van der Waals surface area contributed by atoms with Crippen molar-refractivity contribution in [2.75, 3.05) is 0 Å². The Morgan fingerprint density at radius 1 is 1.40 bits per heavy atom. The van der Waals surface area contributed by atoms with Crippen molar-refractivity contribution in [2.45, 2.75) is 13.5 Å². The Bertz CT molecular complexity index is 627. The SMILES string of the molecule is CCn1c(=O)[nH]c2c(F)cccc2c1=O. The van der Waals surface area contributed by atoms with Crippen molar-refractivity contribution in [3.05, 3.63) is 44.9 Å². The molecule has 4 nitrogen and oxygen atoms in total. The fraction of sp³-hybridized carbons (Fsp3) is 0.200. The molecule has 0 aliphatic rings. The van der Waals surface area contributed by atoms with E-state index in [1.54, 1.807) is 6.92 Å². The first-order valence-corrected chi connectivity index (χ1v) is 4.56. The second-order valence-corrected chi connectivity index (χ2v) is 3.14. The number of fused-ring (bicyclic) bond motifs is 1. The van der Waals surface area contributed by atoms with E-state index in [-0.39, 0.29) is 17.4 Å². The van der Waals surface area contributed by atoms with Crippen LogP contribution in [0.4, 0.5) is 4.39 Å². The van der Waals surface area contributed by atoms with Gasteiger partial charge in [-0.2, -0.15) is 0 Å². The predicted molar refractivity (Wildman–Crippen MR) is 54.5 cm³/mol. The maximum Gasteiger partial charge on any atom is 0.328 e. The van der Waals surface area contributed by atoms with Crippen molar-refractivity contribution in [3.8, 4) is 0 Å². The molecule has 0 saturated heterocycles. The van der Waals surface area contributed by atoms with Gasteiger partial charge in [-0.15, -0.1) is 0 Å². The Morgan fingerprint density at radius 2 is 2.13 bits per heavy atom. The van der Waals surface area contributed by atoms with Crippen LogP contribution in [-0.4, -0.2) is 9.55 Å². The van der Waals surface area contributed by atoms with E-state index in [0.29, 0.717) is 0 Å². The number of benzene rings is 1. The number of hydrogen-bond acceptors (Lipinski definition) is 2. The molecule has 0 aliphatic heterocycles. The van der Waals surface area contributed by atoms with Gasteiger partial charge >= 0.3 is 5.69 Å². The highest BCUT2D eigenvalue weighted by molar-refractivity contribution is 5.77. The fourth-order valence-electron chi connectivity index (χ4n) is 1.53. The minimum atomic E-state index is -0.593. The second kappa shape index (κ2) is 3.34. The van der Waals surface area contributed by atoms with Gasteiger partial charge in [0.1, 0.15) is 5.82 Å². The van der Waals surface area contributed by atoms with E-state index in [0.717, 1.165) is 4.57 Å². The highest BCUT2D eigenvalue weighted by atomic mass is 19.1. The Hall–Kier alpha value is -1.91. The van der Waals surface area contributed by atoms with Crippen LogP contribution >= 0.6 is 0 Å². The van der Waals surface area contributed by atoms with Gasteiger partial charge in [-0.25, -0.2) is 9.18 Å². The summed E-state index contributed by atoms with van der Waals surface area (Å²) in [5.41, 5.74) is -1.08. The predicted octanol–water partition coefficient (Wildman–Crippen LogP) is 0.849. The van der Waals surface area contributed by atoms with E-state index < -0.39 is 17.1 Å². The Balaban J connectivity index is 3.05. The molecule has 1 aromatic heterocycles. The van der Waals surface area contributed by atoms with E-state index >= 15 is 0 Å². The molecule has 1 N–H and O–H groups in total. The van der Waals surface area contributed by atoms with E-state index in [9.17, 15) is 14.0 Å². The second-order valence-electron chi connectivity index (χ2n) is 3.14. The first-order valence-electron chi connectivity index (χ1n) is 4.56. The van der Waals surface area contributed by atoms with Gasteiger partial charge in [0, 0.05) is 6.54 Å². The lowest BCUT2D eigenvalue weighted by atomic mass is 10.2. The lowest BCUT2D eigenvalue weighted by Gasteiger charge is -2.03. The Labute approximate surface area is 84.0 Å². The highest BCUT2D eigenvalue weighted by Gasteiger charge is 2.08. The summed E-state index contributed by atoms with van der Waals surface area (Å²) >= 11 is 0. The van der Waals surface area contributed by atoms with Crippen LogP contribution < -0.4 is 11.2 Å². The zero-order chi connectivity index (χ0) is 11.0. The highest BCUT2D eigenvalue weighted by Crippen LogP contribution is 2.09. The molecule has 0 saturated carbocycles. The van der Waals surface area contributed by atoms with Gasteiger partial charge < -0.3 is 4.98 Å². The number of hydrogen-bond donors (Lipinski definition) is 1. The van der Waals surface area contributed by atoms with Crippen LogP contribution in [0.15, 0.2) is 27.8 Å². The number of para-hydroxylation sites is 1. The number of halogens is 1. The van der Waals surface area contributed by atoms with Crippen molar-refractivity contribution in [2.24, 2.45) is 0 Å². The third kappa shape index (κ3) is 1.36. The topological polar surface area (TPSA) is 54.9 Å². The van der Waals surface area contributed by atoms with Gasteiger partial charge in [-0.05, 0) is 19.1 Å². The summed E-state index contributed by atoms with van der Waals surface area (Å²) in [5, 5.41) is 0.191. The van der Waals surface area contributed by atoms with E-state index in [1.165, 1.54) is 18.2 Å². The number of H-pyrrole nitrogens is 1. The zero-order valence-electron chi connectivity index (χ0n) is 8.08. The van der Waals surface area contributed by atoms with Crippen molar-refractivity contribution < 1.29 is 4.39 Å². The molecule has 5 heteroatoms. The number of nitrogens with zero attached hydrogens (tertiary/aromatic N) is 1. The molecule has 78 valence electrons. The summed E-state index contributed by atoms with van der Waals surface area (Å²) in [4.78, 5) is 25.4. The van der Waals surface area contributed by atoms with Crippen LogP contribution in [0.1, 0.15) is 6.92 Å². The maximum absolute atomic E-state index is 13.3. The summed E-state index contributed by atoms with van der Waals surface area (Å²) in [7, 11) is 0. The van der Waals surface area contributed by atoms with Crippen molar-refractivity contribution >= 4 is 10.9 Å². The Kier molecular flexibility index (Phi) is 2.15. The van der Waals surface area contributed by atoms with Crippen LogP contribution in [0.5, 0.6) is 0 Å². The van der Waals surface area contributed by atoms with Gasteiger partial charge in [-0.1, -0.05) is 6.07 Å². The van der Waals surface area contributed by atoms with Crippen LogP contribution in [-0.2, 0) is 6.54 Å². The molecule has 2 rings (SSSR count). The largest absolute Gasteiger partial charge is 0.328 e. The molecule has 0 atom stereocenters. The molecule has 0 spiro atoms. The first kappa shape index (κ1) is 9.64. The molecule has 0 amide bonds. The third-order valence-electron chi connectivity index (χ3n) is 2.28. The standard InChI is InChI=1S/C10H9FN2O2/c1-2-13-9(14)6-4-3-5-7(11)8(6)12-10(13)15/h3-5H,2H2,1H3,(H,12,15). The molecule has 1 aromatic carbocycles. The fourth-order valence-corrected chi connectivity index (χ4v) is 1.53. The van der Waals surface area contributed by atoms with E-state index in [4.69, 9.17) is 0 Å². The first-order chi connectivity index (χ1) is 7.15. The molecule has 1 heterocycles. The van der Waals surface area contributed by atoms with Gasteiger partial charge in [0.05, 0.1) is 10.9 Å². The lowest BCUT2D eigenvalue weighted by Crippen LogP contribution is -2.34. The van der Waals surface area contributed by atoms with Crippen LogP contribution in [0, 0.1) is 5.82 Å². The number of rotatable bonds is 1. The lowest BCUT2D eigenvalue weighted by molar-refractivity contribution is 0.629. The number of nitrogens with one attached hydrogen (secondary N) is 1. The van der Waals surface area contributed by atoms with Gasteiger partial charge in [0.2, 0.25) is 0 Å². The molecule has 2 aromatic rings. The van der Waals surface area contributed by atoms with Crippen molar-refractivity contribution in [1.29, 1.82) is 0 Å². The van der Waals surface area contributed by atoms with Gasteiger partial charge in [0.15, 0.2) is 0 Å². The zero-order valence-corrected chi connectivity index (χ0v) is 8.08. The monoisotopic (exact) mass is 208 g/mol. The summed E-state index contributed by atoms with van der Waals surface area (Å²) in [6, 6.07) is 4.13. The Morgan fingerprint density at radius 3 is 2.80 bits per heavy atom. The van der Waals surface area contributed by atoms with E-state index in [1.807, 2.05) is 0 Å². The van der Waals surface area contributed by atoms with Gasteiger partial charge in [0.25, 0.3) is 5.56 Å². The molecule has 15 heavy (non-hydrogen) atoms. The van der Waals surface area contributed by atoms with Crippen LogP contribution in [0.2, 0.25) is 0 Å². The average molecular weight is 208 g/mol. The molecular formula is C10H9FN2O2. The number of aromatic amines is 1. The molecule has 0 bridgehead atoms. The van der Waals surface area contributed by atoms with E-state index in [2.05, 4.69) is 4.98 Å². The quantitative estimate of drug-likeness (QED) is 0.755.